The van der Waals surface area contributed by atoms with E-state index in [1.54, 1.807) is 43.3 Å². The van der Waals surface area contributed by atoms with Crippen LogP contribution in [-0.2, 0) is 21.7 Å². The van der Waals surface area contributed by atoms with Crippen molar-refractivity contribution in [1.29, 1.82) is 0 Å². The van der Waals surface area contributed by atoms with Crippen LogP contribution in [0.1, 0.15) is 18.1 Å². The van der Waals surface area contributed by atoms with Gasteiger partial charge in [-0.15, -0.1) is 0 Å². The third-order valence-corrected chi connectivity index (χ3v) is 5.38. The van der Waals surface area contributed by atoms with Crippen LogP contribution in [0.2, 0.25) is 5.02 Å². The van der Waals surface area contributed by atoms with Crippen LogP contribution in [-0.4, -0.2) is 41.4 Å². The second-order valence-corrected chi connectivity index (χ2v) is 8.22. The van der Waals surface area contributed by atoms with E-state index in [-0.39, 0.29) is 24.7 Å². The first-order valence-corrected chi connectivity index (χ1v) is 10.7. The summed E-state index contributed by atoms with van der Waals surface area (Å²) >= 11 is 9.30. The molecule has 0 atom stereocenters. The van der Waals surface area contributed by atoms with Crippen LogP contribution in [0, 0.1) is 0 Å². The molecule has 2 aromatic carbocycles. The molecule has 0 aromatic heterocycles. The van der Waals surface area contributed by atoms with E-state index in [4.69, 9.17) is 21.1 Å². The Labute approximate surface area is 179 Å². The van der Waals surface area contributed by atoms with E-state index < -0.39 is 11.9 Å². The molecule has 0 aliphatic carbocycles. The number of carbonyl (C=O) groups is 1. The predicted octanol–water partition coefficient (Wildman–Crippen LogP) is 4.83. The number of thioether (sulfide) groups is 1. The summed E-state index contributed by atoms with van der Waals surface area (Å²) in [5.41, 5.74) is 1.29. The molecule has 0 fully saturated rings. The quantitative estimate of drug-likeness (QED) is 0.391. The van der Waals surface area contributed by atoms with Gasteiger partial charge in [-0.3, -0.25) is 0 Å². The minimum absolute atomic E-state index is 0.0705. The normalized spacial score (nSPS) is 11.4. The molecule has 2 radical (unpaired) electrons. The Hall–Kier alpha value is -1.30. The van der Waals surface area contributed by atoms with E-state index in [9.17, 15) is 18.0 Å². The van der Waals surface area contributed by atoms with E-state index in [0.29, 0.717) is 27.6 Å². The third kappa shape index (κ3) is 7.61. The molecule has 2 rings (SSSR count). The van der Waals surface area contributed by atoms with Gasteiger partial charge in [0.1, 0.15) is 0 Å². The van der Waals surface area contributed by atoms with E-state index in [0.717, 1.165) is 16.1 Å². The number of alkyl halides is 3. The molecule has 0 aliphatic rings. The predicted molar refractivity (Wildman–Crippen MR) is 106 cm³/mol. The molecule has 9 heteroatoms. The summed E-state index contributed by atoms with van der Waals surface area (Å²) in [4.78, 5) is 11.7. The van der Waals surface area contributed by atoms with Crippen molar-refractivity contribution in [2.75, 3.05) is 12.4 Å². The van der Waals surface area contributed by atoms with Gasteiger partial charge < -0.3 is 0 Å². The molecule has 0 unspecified atom stereocenters. The van der Waals surface area contributed by atoms with Crippen molar-refractivity contribution in [3.8, 4) is 11.5 Å². The number of ether oxygens (including phenoxy) is 2. The second-order valence-electron chi connectivity index (χ2n) is 5.75. The SMILES string of the molecule is CCOC(=O)Cc1ccc(Cl)c(Oc2ccc([As])cc2CSCC(F)(F)F)c1. The van der Waals surface area contributed by atoms with Crippen molar-refractivity contribution in [2.24, 2.45) is 0 Å². The summed E-state index contributed by atoms with van der Waals surface area (Å²) < 4.78 is 48.9. The van der Waals surface area contributed by atoms with Gasteiger partial charge in [0.15, 0.2) is 0 Å². The summed E-state index contributed by atoms with van der Waals surface area (Å²) in [6.07, 6.45) is -4.16. The molecule has 0 amide bonds. The van der Waals surface area contributed by atoms with Crippen LogP contribution in [0.3, 0.4) is 0 Å². The Morgan fingerprint density at radius 3 is 2.61 bits per heavy atom. The van der Waals surface area contributed by atoms with Crippen LogP contribution < -0.4 is 9.09 Å². The van der Waals surface area contributed by atoms with Gasteiger partial charge in [0.05, 0.1) is 0 Å². The molecule has 0 saturated heterocycles. The number of benzene rings is 2. The van der Waals surface area contributed by atoms with Crippen molar-refractivity contribution in [3.63, 3.8) is 0 Å². The first kappa shape index (κ1) is 23.0. The van der Waals surface area contributed by atoms with Crippen LogP contribution >= 0.6 is 23.4 Å². The summed E-state index contributed by atoms with van der Waals surface area (Å²) in [6.45, 7) is 2.01. The van der Waals surface area contributed by atoms with Gasteiger partial charge in [0.25, 0.3) is 0 Å². The van der Waals surface area contributed by atoms with Gasteiger partial charge in [-0.25, -0.2) is 0 Å². The minimum atomic E-state index is -4.23. The van der Waals surface area contributed by atoms with Crippen LogP contribution in [0.25, 0.3) is 0 Å². The van der Waals surface area contributed by atoms with Gasteiger partial charge in [0, 0.05) is 0 Å². The molecule has 3 nitrogen and oxygen atoms in total. The summed E-state index contributed by atoms with van der Waals surface area (Å²) in [7, 11) is 0. The first-order valence-electron chi connectivity index (χ1n) is 8.26. The Kier molecular flexibility index (Phi) is 8.59. The van der Waals surface area contributed by atoms with Gasteiger partial charge in [-0.05, 0) is 6.92 Å². The van der Waals surface area contributed by atoms with Crippen LogP contribution in [0.15, 0.2) is 36.4 Å². The number of halogens is 4. The Bertz CT molecular complexity index is 831. The number of rotatable bonds is 8. The zero-order valence-corrected chi connectivity index (χ0v) is 18.3. The number of hydrogen-bond acceptors (Lipinski definition) is 4. The van der Waals surface area contributed by atoms with Crippen molar-refractivity contribution in [1.82, 2.24) is 0 Å². The molecule has 0 bridgehead atoms. The van der Waals surface area contributed by atoms with Crippen LogP contribution in [0.5, 0.6) is 11.5 Å². The average molecular weight is 493 g/mol. The topological polar surface area (TPSA) is 35.5 Å². The average Bonchev–Trinajstić information content (AvgIpc) is 2.59. The molecule has 0 saturated carbocycles. The number of esters is 1. The zero-order valence-electron chi connectivity index (χ0n) is 14.9. The van der Waals surface area contributed by atoms with Gasteiger partial charge in [-0.2, -0.15) is 0 Å². The van der Waals surface area contributed by atoms with Crippen LogP contribution in [0.4, 0.5) is 13.2 Å². The summed E-state index contributed by atoms with van der Waals surface area (Å²) in [6, 6.07) is 10.2. The monoisotopic (exact) mass is 492 g/mol. The van der Waals surface area contributed by atoms with Crippen molar-refractivity contribution in [3.05, 3.63) is 52.5 Å². The van der Waals surface area contributed by atoms with Crippen molar-refractivity contribution in [2.45, 2.75) is 25.3 Å². The van der Waals surface area contributed by atoms with E-state index in [2.05, 4.69) is 16.9 Å². The molecular formula is C19H17AsClF3O3S. The molecule has 0 heterocycles. The second kappa shape index (κ2) is 10.5. The Balaban J connectivity index is 2.19. The van der Waals surface area contributed by atoms with Crippen molar-refractivity contribution < 1.29 is 27.4 Å². The molecule has 0 N–H and O–H groups in total. The van der Waals surface area contributed by atoms with Gasteiger partial charge in [-0.1, -0.05) is 0 Å². The molecule has 150 valence electrons. The molecular weight excluding hydrogens is 476 g/mol. The Morgan fingerprint density at radius 2 is 1.93 bits per heavy atom. The number of carbonyl (C=O) groups excluding carboxylic acids is 1. The Morgan fingerprint density at radius 1 is 1.18 bits per heavy atom. The maximum absolute atomic E-state index is 12.4. The summed E-state index contributed by atoms with van der Waals surface area (Å²) in [5, 5.41) is 0.331. The van der Waals surface area contributed by atoms with Gasteiger partial charge in [0.2, 0.25) is 0 Å². The fourth-order valence-electron chi connectivity index (χ4n) is 2.29. The fourth-order valence-corrected chi connectivity index (χ4v) is 3.71. The molecule has 0 aliphatic heterocycles. The maximum atomic E-state index is 12.4. The van der Waals surface area contributed by atoms with Crippen molar-refractivity contribution >= 4 is 50.5 Å². The standard InChI is InChI=1S/C19H17AsClF3O3S/c1-2-26-18(25)8-12-3-5-15(21)17(7-12)27-16-6-4-14(20)9-13(16)10-28-11-19(22,23)24/h3-7,9H,2,8,10-11H2,1H3. The van der Waals surface area contributed by atoms with E-state index >= 15 is 0 Å². The van der Waals surface area contributed by atoms with E-state index in [1.165, 1.54) is 0 Å². The molecule has 0 spiro atoms. The zero-order chi connectivity index (χ0) is 20.7. The third-order valence-electron chi connectivity index (χ3n) is 3.44. The molecule has 2 aromatic rings. The fraction of sp³-hybridized carbons (Fsp3) is 0.316. The summed E-state index contributed by atoms with van der Waals surface area (Å²) in [5.74, 6) is -0.428. The van der Waals surface area contributed by atoms with Gasteiger partial charge >= 0.3 is 173 Å². The molecule has 28 heavy (non-hydrogen) atoms. The number of hydrogen-bond donors (Lipinski definition) is 0. The van der Waals surface area contributed by atoms with E-state index in [1.807, 2.05) is 0 Å². The first-order chi connectivity index (χ1) is 13.2.